The molecule has 1 heterocycles. The smallest absolute Gasteiger partial charge is 0.251 e. The van der Waals surface area contributed by atoms with Crippen LogP contribution in [0.1, 0.15) is 21.6 Å². The molecule has 2 aromatic carbocycles. The number of carbonyl (C=O) groups excluding carboxylic acids is 1. The van der Waals surface area contributed by atoms with Crippen LogP contribution < -0.4 is 5.32 Å². The number of amides is 1. The summed E-state index contributed by atoms with van der Waals surface area (Å²) in [7, 11) is 0. The topological polar surface area (TPSA) is 55.1 Å². The van der Waals surface area contributed by atoms with Crippen molar-refractivity contribution in [1.29, 1.82) is 0 Å². The van der Waals surface area contributed by atoms with Gasteiger partial charge in [0.15, 0.2) is 0 Å². The highest BCUT2D eigenvalue weighted by atomic mass is 16.3. The van der Waals surface area contributed by atoms with E-state index in [0.29, 0.717) is 24.4 Å². The molecule has 0 spiro atoms. The number of hydrogen-bond donors (Lipinski definition) is 1. The fourth-order valence-corrected chi connectivity index (χ4v) is 2.25. The van der Waals surface area contributed by atoms with Crippen LogP contribution in [0.4, 0.5) is 0 Å². The van der Waals surface area contributed by atoms with Crippen molar-refractivity contribution in [3.8, 4) is 11.5 Å². The molecule has 4 nitrogen and oxygen atoms in total. The van der Waals surface area contributed by atoms with Crippen molar-refractivity contribution < 1.29 is 9.21 Å². The van der Waals surface area contributed by atoms with E-state index in [4.69, 9.17) is 4.42 Å². The van der Waals surface area contributed by atoms with E-state index >= 15 is 0 Å². The second-order valence-corrected chi connectivity index (χ2v) is 5.38. The number of carbonyl (C=O) groups is 1. The van der Waals surface area contributed by atoms with Gasteiger partial charge in [-0.3, -0.25) is 4.79 Å². The average Bonchev–Trinajstić information content (AvgIpc) is 3.05. The Kier molecular flexibility index (Phi) is 4.52. The number of nitrogens with one attached hydrogen (secondary N) is 1. The van der Waals surface area contributed by atoms with E-state index < -0.39 is 0 Å². The molecule has 116 valence electrons. The van der Waals surface area contributed by atoms with Crippen molar-refractivity contribution in [1.82, 2.24) is 10.3 Å². The number of oxazole rings is 1. The monoisotopic (exact) mass is 306 g/mol. The third kappa shape index (κ3) is 3.86. The zero-order chi connectivity index (χ0) is 16.1. The maximum atomic E-state index is 11.9. The molecular weight excluding hydrogens is 288 g/mol. The Balaban J connectivity index is 1.55. The van der Waals surface area contributed by atoms with E-state index in [2.05, 4.69) is 10.3 Å². The van der Waals surface area contributed by atoms with Gasteiger partial charge in [-0.25, -0.2) is 4.98 Å². The Bertz CT molecular complexity index is 777. The SMILES string of the molecule is Cc1ccc(-c2nc(CCNC(=O)c3ccccc3)co2)cc1. The second kappa shape index (κ2) is 6.92. The highest BCUT2D eigenvalue weighted by Crippen LogP contribution is 2.19. The molecule has 1 amide bonds. The Morgan fingerprint density at radius 2 is 1.83 bits per heavy atom. The van der Waals surface area contributed by atoms with Gasteiger partial charge >= 0.3 is 0 Å². The van der Waals surface area contributed by atoms with Gasteiger partial charge in [-0.2, -0.15) is 0 Å². The van der Waals surface area contributed by atoms with Crippen LogP contribution in [0.3, 0.4) is 0 Å². The van der Waals surface area contributed by atoms with Crippen molar-refractivity contribution >= 4 is 5.91 Å². The average molecular weight is 306 g/mol. The van der Waals surface area contributed by atoms with Gasteiger partial charge in [-0.15, -0.1) is 0 Å². The minimum Gasteiger partial charge on any atom is -0.444 e. The van der Waals surface area contributed by atoms with Gasteiger partial charge in [0.05, 0.1) is 5.69 Å². The molecule has 4 heteroatoms. The van der Waals surface area contributed by atoms with Gasteiger partial charge in [0.25, 0.3) is 5.91 Å². The molecule has 0 atom stereocenters. The summed E-state index contributed by atoms with van der Waals surface area (Å²) >= 11 is 0. The van der Waals surface area contributed by atoms with Crippen molar-refractivity contribution in [3.63, 3.8) is 0 Å². The van der Waals surface area contributed by atoms with E-state index in [1.54, 1.807) is 18.4 Å². The molecule has 1 aromatic heterocycles. The van der Waals surface area contributed by atoms with Gasteiger partial charge in [0.2, 0.25) is 5.89 Å². The molecule has 0 radical (unpaired) electrons. The minimum atomic E-state index is -0.0761. The first-order chi connectivity index (χ1) is 11.2. The van der Waals surface area contributed by atoms with Crippen molar-refractivity contribution in [2.45, 2.75) is 13.3 Å². The summed E-state index contributed by atoms with van der Waals surface area (Å²) in [6.45, 7) is 2.56. The van der Waals surface area contributed by atoms with Crippen LogP contribution in [0.5, 0.6) is 0 Å². The number of hydrogen-bond acceptors (Lipinski definition) is 3. The van der Waals surface area contributed by atoms with E-state index in [-0.39, 0.29) is 5.91 Å². The molecule has 0 bridgehead atoms. The zero-order valence-electron chi connectivity index (χ0n) is 13.0. The zero-order valence-corrected chi connectivity index (χ0v) is 13.0. The van der Waals surface area contributed by atoms with Crippen LogP contribution in [0.2, 0.25) is 0 Å². The Morgan fingerprint density at radius 3 is 2.57 bits per heavy atom. The molecule has 1 N–H and O–H groups in total. The molecule has 23 heavy (non-hydrogen) atoms. The predicted molar refractivity (Wildman–Crippen MR) is 89.2 cm³/mol. The largest absolute Gasteiger partial charge is 0.444 e. The lowest BCUT2D eigenvalue weighted by Gasteiger charge is -2.03. The van der Waals surface area contributed by atoms with Crippen molar-refractivity contribution in [2.24, 2.45) is 0 Å². The first kappa shape index (κ1) is 15.0. The minimum absolute atomic E-state index is 0.0761. The number of benzene rings is 2. The molecule has 0 aliphatic rings. The highest BCUT2D eigenvalue weighted by molar-refractivity contribution is 5.94. The standard InChI is InChI=1S/C19H18N2O2/c1-14-7-9-16(10-8-14)19-21-17(13-23-19)11-12-20-18(22)15-5-3-2-4-6-15/h2-10,13H,11-12H2,1H3,(H,20,22). The summed E-state index contributed by atoms with van der Waals surface area (Å²) in [6, 6.07) is 17.2. The molecule has 3 rings (SSSR count). The summed E-state index contributed by atoms with van der Waals surface area (Å²) in [6.07, 6.45) is 2.28. The molecular formula is C19H18N2O2. The molecule has 0 fully saturated rings. The maximum Gasteiger partial charge on any atom is 0.251 e. The van der Waals surface area contributed by atoms with Crippen LogP contribution in [0.25, 0.3) is 11.5 Å². The molecule has 0 unspecified atom stereocenters. The number of rotatable bonds is 5. The number of aromatic nitrogens is 1. The molecule has 0 saturated carbocycles. The first-order valence-electron chi connectivity index (χ1n) is 7.57. The Morgan fingerprint density at radius 1 is 1.09 bits per heavy atom. The lowest BCUT2D eigenvalue weighted by Crippen LogP contribution is -2.25. The molecule has 0 saturated heterocycles. The van der Waals surface area contributed by atoms with Crippen LogP contribution in [0, 0.1) is 6.92 Å². The first-order valence-corrected chi connectivity index (χ1v) is 7.57. The van der Waals surface area contributed by atoms with E-state index in [1.165, 1.54) is 5.56 Å². The molecule has 3 aromatic rings. The molecule has 0 aliphatic heterocycles. The summed E-state index contributed by atoms with van der Waals surface area (Å²) in [4.78, 5) is 16.4. The van der Waals surface area contributed by atoms with Crippen LogP contribution in [-0.2, 0) is 6.42 Å². The third-order valence-electron chi connectivity index (χ3n) is 3.55. The Labute approximate surface area is 135 Å². The van der Waals surface area contributed by atoms with E-state index in [1.807, 2.05) is 49.4 Å². The summed E-state index contributed by atoms with van der Waals surface area (Å²) in [5, 5.41) is 2.88. The normalized spacial score (nSPS) is 10.5. The third-order valence-corrected chi connectivity index (χ3v) is 3.55. The summed E-state index contributed by atoms with van der Waals surface area (Å²) in [5.41, 5.74) is 3.64. The molecule has 0 aliphatic carbocycles. The summed E-state index contributed by atoms with van der Waals surface area (Å²) < 4.78 is 5.51. The lowest BCUT2D eigenvalue weighted by molar-refractivity contribution is 0.0954. The second-order valence-electron chi connectivity index (χ2n) is 5.38. The van der Waals surface area contributed by atoms with E-state index in [9.17, 15) is 4.79 Å². The predicted octanol–water partition coefficient (Wildman–Crippen LogP) is 3.62. The maximum absolute atomic E-state index is 11.9. The lowest BCUT2D eigenvalue weighted by atomic mass is 10.1. The van der Waals surface area contributed by atoms with Crippen molar-refractivity contribution in [2.75, 3.05) is 6.54 Å². The van der Waals surface area contributed by atoms with Crippen LogP contribution in [-0.4, -0.2) is 17.4 Å². The Hall–Kier alpha value is -2.88. The van der Waals surface area contributed by atoms with Crippen molar-refractivity contribution in [3.05, 3.63) is 77.7 Å². The summed E-state index contributed by atoms with van der Waals surface area (Å²) in [5.74, 6) is 0.530. The van der Waals surface area contributed by atoms with Crippen LogP contribution >= 0.6 is 0 Å². The fraction of sp³-hybridized carbons (Fsp3) is 0.158. The fourth-order valence-electron chi connectivity index (χ4n) is 2.25. The van der Waals surface area contributed by atoms with Gasteiger partial charge in [-0.1, -0.05) is 35.9 Å². The quantitative estimate of drug-likeness (QED) is 0.783. The highest BCUT2D eigenvalue weighted by Gasteiger charge is 2.08. The number of nitrogens with zero attached hydrogens (tertiary/aromatic N) is 1. The van der Waals surface area contributed by atoms with E-state index in [0.717, 1.165) is 11.3 Å². The van der Waals surface area contributed by atoms with Gasteiger partial charge in [-0.05, 0) is 31.2 Å². The van der Waals surface area contributed by atoms with Gasteiger partial charge in [0, 0.05) is 24.1 Å². The van der Waals surface area contributed by atoms with Gasteiger partial charge < -0.3 is 9.73 Å². The number of aryl methyl sites for hydroxylation is 1. The van der Waals surface area contributed by atoms with Crippen LogP contribution in [0.15, 0.2) is 65.3 Å². The van der Waals surface area contributed by atoms with Gasteiger partial charge in [0.1, 0.15) is 6.26 Å².